The summed E-state index contributed by atoms with van der Waals surface area (Å²) >= 11 is 5.95. The van der Waals surface area contributed by atoms with Gasteiger partial charge in [0.05, 0.1) is 13.0 Å². The standard InChI is InChI=1S/C12H15ClO3/c1-3-4-16-11-5-8(2)10(13)6-9(11)7-12(14)15/h5-6H,3-4,7H2,1-2H3,(H,14,15). The topological polar surface area (TPSA) is 46.5 Å². The smallest absolute Gasteiger partial charge is 0.307 e. The van der Waals surface area contributed by atoms with Crippen LogP contribution >= 0.6 is 11.6 Å². The van der Waals surface area contributed by atoms with Crippen molar-refractivity contribution in [1.82, 2.24) is 0 Å². The van der Waals surface area contributed by atoms with Crippen LogP contribution in [0.3, 0.4) is 0 Å². The number of aliphatic carboxylic acids is 1. The maximum Gasteiger partial charge on any atom is 0.307 e. The summed E-state index contributed by atoms with van der Waals surface area (Å²) in [6, 6.07) is 3.45. The van der Waals surface area contributed by atoms with Crippen molar-refractivity contribution < 1.29 is 14.6 Å². The van der Waals surface area contributed by atoms with E-state index in [0.29, 0.717) is 22.9 Å². The van der Waals surface area contributed by atoms with Crippen molar-refractivity contribution in [2.24, 2.45) is 0 Å². The fourth-order valence-electron chi connectivity index (χ4n) is 1.34. The number of carboxylic acids is 1. The van der Waals surface area contributed by atoms with Crippen LogP contribution in [0.2, 0.25) is 5.02 Å². The van der Waals surface area contributed by atoms with E-state index in [1.54, 1.807) is 12.1 Å². The van der Waals surface area contributed by atoms with Crippen molar-refractivity contribution in [1.29, 1.82) is 0 Å². The fraction of sp³-hybridized carbons (Fsp3) is 0.417. The molecule has 0 fully saturated rings. The first-order chi connectivity index (χ1) is 7.54. The lowest BCUT2D eigenvalue weighted by Crippen LogP contribution is -2.05. The third-order valence-corrected chi connectivity index (χ3v) is 2.55. The summed E-state index contributed by atoms with van der Waals surface area (Å²) < 4.78 is 5.50. The van der Waals surface area contributed by atoms with Gasteiger partial charge in [-0.25, -0.2) is 0 Å². The number of carboxylic acid groups (broad SMARTS) is 1. The van der Waals surface area contributed by atoms with Crippen LogP contribution in [-0.4, -0.2) is 17.7 Å². The van der Waals surface area contributed by atoms with Gasteiger partial charge in [0.25, 0.3) is 0 Å². The van der Waals surface area contributed by atoms with Gasteiger partial charge in [-0.05, 0) is 31.0 Å². The van der Waals surface area contributed by atoms with E-state index in [1.807, 2.05) is 13.8 Å². The number of hydrogen-bond donors (Lipinski definition) is 1. The van der Waals surface area contributed by atoms with Gasteiger partial charge in [-0.1, -0.05) is 18.5 Å². The quantitative estimate of drug-likeness (QED) is 0.863. The SMILES string of the molecule is CCCOc1cc(C)c(Cl)cc1CC(=O)O. The number of rotatable bonds is 5. The molecule has 0 aliphatic rings. The van der Waals surface area contributed by atoms with Gasteiger partial charge in [0.15, 0.2) is 0 Å². The van der Waals surface area contributed by atoms with Crippen LogP contribution in [0.4, 0.5) is 0 Å². The average molecular weight is 243 g/mol. The second-order valence-corrected chi connectivity index (χ2v) is 4.04. The molecule has 0 spiro atoms. The van der Waals surface area contributed by atoms with E-state index in [9.17, 15) is 4.79 Å². The van der Waals surface area contributed by atoms with Gasteiger partial charge in [0.1, 0.15) is 5.75 Å². The van der Waals surface area contributed by atoms with Crippen LogP contribution in [-0.2, 0) is 11.2 Å². The van der Waals surface area contributed by atoms with E-state index in [-0.39, 0.29) is 6.42 Å². The van der Waals surface area contributed by atoms with E-state index in [2.05, 4.69) is 0 Å². The Morgan fingerprint density at radius 3 is 2.75 bits per heavy atom. The molecule has 0 heterocycles. The van der Waals surface area contributed by atoms with Crippen LogP contribution < -0.4 is 4.74 Å². The highest BCUT2D eigenvalue weighted by Crippen LogP contribution is 2.27. The monoisotopic (exact) mass is 242 g/mol. The normalized spacial score (nSPS) is 10.2. The molecular formula is C12H15ClO3. The van der Waals surface area contributed by atoms with E-state index in [1.165, 1.54) is 0 Å². The van der Waals surface area contributed by atoms with Crippen molar-refractivity contribution in [2.75, 3.05) is 6.61 Å². The van der Waals surface area contributed by atoms with E-state index < -0.39 is 5.97 Å². The third-order valence-electron chi connectivity index (χ3n) is 2.15. The zero-order valence-corrected chi connectivity index (χ0v) is 10.2. The Morgan fingerprint density at radius 1 is 1.50 bits per heavy atom. The molecule has 1 N–H and O–H groups in total. The minimum Gasteiger partial charge on any atom is -0.493 e. The molecule has 0 aliphatic heterocycles. The Hall–Kier alpha value is -1.22. The molecule has 0 atom stereocenters. The summed E-state index contributed by atoms with van der Waals surface area (Å²) in [7, 11) is 0. The molecule has 0 radical (unpaired) electrons. The number of benzene rings is 1. The zero-order valence-electron chi connectivity index (χ0n) is 9.42. The summed E-state index contributed by atoms with van der Waals surface area (Å²) in [5.41, 5.74) is 1.51. The molecule has 0 saturated heterocycles. The molecule has 0 saturated carbocycles. The molecule has 3 nitrogen and oxygen atoms in total. The van der Waals surface area contributed by atoms with Crippen molar-refractivity contribution in [3.63, 3.8) is 0 Å². The second kappa shape index (κ2) is 5.75. The highest BCUT2D eigenvalue weighted by molar-refractivity contribution is 6.31. The van der Waals surface area contributed by atoms with E-state index in [0.717, 1.165) is 12.0 Å². The number of halogens is 1. The van der Waals surface area contributed by atoms with Crippen molar-refractivity contribution in [3.05, 3.63) is 28.3 Å². The van der Waals surface area contributed by atoms with Crippen LogP contribution in [0, 0.1) is 6.92 Å². The minimum atomic E-state index is -0.888. The number of hydrogen-bond acceptors (Lipinski definition) is 2. The largest absolute Gasteiger partial charge is 0.493 e. The molecule has 16 heavy (non-hydrogen) atoms. The van der Waals surface area contributed by atoms with Gasteiger partial charge in [0, 0.05) is 10.6 Å². The van der Waals surface area contributed by atoms with Gasteiger partial charge in [-0.2, -0.15) is 0 Å². The average Bonchev–Trinajstić information content (AvgIpc) is 2.20. The number of aryl methyl sites for hydroxylation is 1. The predicted molar refractivity (Wildman–Crippen MR) is 63.3 cm³/mol. The summed E-state index contributed by atoms with van der Waals surface area (Å²) in [6.07, 6.45) is 0.813. The zero-order chi connectivity index (χ0) is 12.1. The first-order valence-corrected chi connectivity index (χ1v) is 5.56. The first-order valence-electron chi connectivity index (χ1n) is 5.18. The molecule has 0 unspecified atom stereocenters. The first kappa shape index (κ1) is 12.8. The molecular weight excluding hydrogens is 228 g/mol. The highest BCUT2D eigenvalue weighted by atomic mass is 35.5. The summed E-state index contributed by atoms with van der Waals surface area (Å²) in [4.78, 5) is 10.7. The molecule has 1 aromatic rings. The van der Waals surface area contributed by atoms with Gasteiger partial charge >= 0.3 is 5.97 Å². The molecule has 4 heteroatoms. The van der Waals surface area contributed by atoms with E-state index in [4.69, 9.17) is 21.4 Å². The lowest BCUT2D eigenvalue weighted by molar-refractivity contribution is -0.136. The summed E-state index contributed by atoms with van der Waals surface area (Å²) in [6.45, 7) is 4.44. The molecule has 0 aromatic heterocycles. The molecule has 0 aliphatic carbocycles. The van der Waals surface area contributed by atoms with Crippen molar-refractivity contribution in [3.8, 4) is 5.75 Å². The predicted octanol–water partition coefficient (Wildman–Crippen LogP) is 3.06. The number of carbonyl (C=O) groups is 1. The Morgan fingerprint density at radius 2 is 2.19 bits per heavy atom. The van der Waals surface area contributed by atoms with Gasteiger partial charge < -0.3 is 9.84 Å². The Labute approximate surface area is 100.0 Å². The fourth-order valence-corrected chi connectivity index (χ4v) is 1.53. The molecule has 88 valence electrons. The Kier molecular flexibility index (Phi) is 4.62. The van der Waals surface area contributed by atoms with Crippen molar-refractivity contribution in [2.45, 2.75) is 26.7 Å². The summed E-state index contributed by atoms with van der Waals surface area (Å²) in [5.74, 6) is -0.271. The number of ether oxygens (including phenoxy) is 1. The summed E-state index contributed by atoms with van der Waals surface area (Å²) in [5, 5.41) is 9.35. The van der Waals surface area contributed by atoms with Gasteiger partial charge in [0.2, 0.25) is 0 Å². The highest BCUT2D eigenvalue weighted by Gasteiger charge is 2.10. The molecule has 0 bridgehead atoms. The third kappa shape index (κ3) is 3.42. The van der Waals surface area contributed by atoms with Crippen LogP contribution in [0.5, 0.6) is 5.75 Å². The van der Waals surface area contributed by atoms with Crippen LogP contribution in [0.15, 0.2) is 12.1 Å². The second-order valence-electron chi connectivity index (χ2n) is 3.63. The van der Waals surface area contributed by atoms with Gasteiger partial charge in [-0.15, -0.1) is 0 Å². The van der Waals surface area contributed by atoms with Crippen LogP contribution in [0.25, 0.3) is 0 Å². The maximum atomic E-state index is 10.7. The maximum absolute atomic E-state index is 10.7. The lowest BCUT2D eigenvalue weighted by Gasteiger charge is -2.11. The van der Waals surface area contributed by atoms with Crippen LogP contribution in [0.1, 0.15) is 24.5 Å². The molecule has 1 rings (SSSR count). The molecule has 1 aromatic carbocycles. The lowest BCUT2D eigenvalue weighted by atomic mass is 10.1. The molecule has 0 amide bonds. The van der Waals surface area contributed by atoms with E-state index >= 15 is 0 Å². The minimum absolute atomic E-state index is 0.0704. The Balaban J connectivity index is 3.01. The van der Waals surface area contributed by atoms with Crippen molar-refractivity contribution >= 4 is 17.6 Å². The Bertz CT molecular complexity index is 388. The van der Waals surface area contributed by atoms with Gasteiger partial charge in [-0.3, -0.25) is 4.79 Å².